The Morgan fingerprint density at radius 1 is 1.35 bits per heavy atom. The number of amides is 1. The first-order chi connectivity index (χ1) is 9.58. The SMILES string of the molecule is Cc1cc(O)ccc1C(=O)NCC(C)N1CCCCC1. The maximum absolute atomic E-state index is 12.2. The number of piperidine rings is 1. The van der Waals surface area contributed by atoms with Gasteiger partial charge in [-0.1, -0.05) is 6.42 Å². The zero-order chi connectivity index (χ0) is 14.5. The Balaban J connectivity index is 1.88. The molecule has 2 N–H and O–H groups in total. The molecule has 1 fully saturated rings. The molecular weight excluding hydrogens is 252 g/mol. The van der Waals surface area contributed by atoms with E-state index in [9.17, 15) is 9.90 Å². The first-order valence-electron chi connectivity index (χ1n) is 7.40. The number of hydrogen-bond donors (Lipinski definition) is 2. The van der Waals surface area contributed by atoms with Crippen molar-refractivity contribution >= 4 is 5.91 Å². The smallest absolute Gasteiger partial charge is 0.251 e. The minimum absolute atomic E-state index is 0.0636. The topological polar surface area (TPSA) is 52.6 Å². The van der Waals surface area contributed by atoms with E-state index in [1.807, 2.05) is 6.92 Å². The number of nitrogens with zero attached hydrogens (tertiary/aromatic N) is 1. The highest BCUT2D eigenvalue weighted by molar-refractivity contribution is 5.95. The number of aromatic hydroxyl groups is 1. The summed E-state index contributed by atoms with van der Waals surface area (Å²) in [6.07, 6.45) is 3.84. The molecule has 4 heteroatoms. The van der Waals surface area contributed by atoms with Crippen LogP contribution in [0.25, 0.3) is 0 Å². The lowest BCUT2D eigenvalue weighted by molar-refractivity contribution is 0.0929. The summed E-state index contributed by atoms with van der Waals surface area (Å²) >= 11 is 0. The average Bonchev–Trinajstić information content (AvgIpc) is 2.45. The van der Waals surface area contributed by atoms with Crippen LogP contribution in [0.4, 0.5) is 0 Å². The summed E-state index contributed by atoms with van der Waals surface area (Å²) in [7, 11) is 0. The van der Waals surface area contributed by atoms with Gasteiger partial charge >= 0.3 is 0 Å². The van der Waals surface area contributed by atoms with Crippen LogP contribution >= 0.6 is 0 Å². The van der Waals surface area contributed by atoms with Crippen LogP contribution < -0.4 is 5.32 Å². The number of carbonyl (C=O) groups excluding carboxylic acids is 1. The van der Waals surface area contributed by atoms with Crippen molar-refractivity contribution in [2.24, 2.45) is 0 Å². The molecule has 0 bridgehead atoms. The van der Waals surface area contributed by atoms with Crippen molar-refractivity contribution in [3.05, 3.63) is 29.3 Å². The minimum Gasteiger partial charge on any atom is -0.508 e. The Hall–Kier alpha value is -1.55. The number of nitrogens with one attached hydrogen (secondary N) is 1. The zero-order valence-electron chi connectivity index (χ0n) is 12.4. The van der Waals surface area contributed by atoms with E-state index in [0.717, 1.165) is 18.7 Å². The molecule has 0 spiro atoms. The highest BCUT2D eigenvalue weighted by Crippen LogP contribution is 2.16. The Labute approximate surface area is 120 Å². The van der Waals surface area contributed by atoms with Crippen molar-refractivity contribution in [3.8, 4) is 5.75 Å². The number of likely N-dealkylation sites (tertiary alicyclic amines) is 1. The lowest BCUT2D eigenvalue weighted by Gasteiger charge is -2.32. The number of hydrogen-bond acceptors (Lipinski definition) is 3. The molecule has 110 valence electrons. The Bertz CT molecular complexity index is 468. The Morgan fingerprint density at radius 3 is 2.70 bits per heavy atom. The monoisotopic (exact) mass is 276 g/mol. The largest absolute Gasteiger partial charge is 0.508 e. The molecule has 1 amide bonds. The number of phenols is 1. The van der Waals surface area contributed by atoms with Gasteiger partial charge in [0.25, 0.3) is 5.91 Å². The van der Waals surface area contributed by atoms with Crippen molar-refractivity contribution in [2.45, 2.75) is 39.2 Å². The molecule has 1 saturated heterocycles. The van der Waals surface area contributed by atoms with Gasteiger partial charge < -0.3 is 10.4 Å². The van der Waals surface area contributed by atoms with E-state index in [2.05, 4.69) is 17.1 Å². The lowest BCUT2D eigenvalue weighted by atomic mass is 10.1. The minimum atomic E-state index is -0.0636. The second kappa shape index (κ2) is 6.75. The van der Waals surface area contributed by atoms with E-state index in [-0.39, 0.29) is 11.7 Å². The molecule has 4 nitrogen and oxygen atoms in total. The van der Waals surface area contributed by atoms with Gasteiger partial charge in [0.2, 0.25) is 0 Å². The standard InChI is InChI=1S/C16H24N2O2/c1-12-10-14(19)6-7-15(12)16(20)17-11-13(2)18-8-4-3-5-9-18/h6-7,10,13,19H,3-5,8-9,11H2,1-2H3,(H,17,20). The molecule has 1 atom stereocenters. The van der Waals surface area contributed by atoms with Crippen LogP contribution in [0.2, 0.25) is 0 Å². The van der Waals surface area contributed by atoms with Gasteiger partial charge in [-0.25, -0.2) is 0 Å². The first kappa shape index (κ1) is 14.9. The lowest BCUT2D eigenvalue weighted by Crippen LogP contribution is -2.44. The van der Waals surface area contributed by atoms with Gasteiger partial charge in [-0.2, -0.15) is 0 Å². The van der Waals surface area contributed by atoms with Gasteiger partial charge in [-0.3, -0.25) is 9.69 Å². The Morgan fingerprint density at radius 2 is 2.05 bits per heavy atom. The maximum Gasteiger partial charge on any atom is 0.251 e. The second-order valence-electron chi connectivity index (χ2n) is 5.65. The molecule has 1 unspecified atom stereocenters. The zero-order valence-corrected chi connectivity index (χ0v) is 12.4. The Kier molecular flexibility index (Phi) is 5.01. The maximum atomic E-state index is 12.2. The van der Waals surface area contributed by atoms with Crippen LogP contribution in [0.1, 0.15) is 42.1 Å². The third-order valence-corrected chi connectivity index (χ3v) is 4.03. The van der Waals surface area contributed by atoms with Crippen LogP contribution in [0.3, 0.4) is 0 Å². The molecule has 0 aromatic heterocycles. The van der Waals surface area contributed by atoms with E-state index in [4.69, 9.17) is 0 Å². The fraction of sp³-hybridized carbons (Fsp3) is 0.562. The normalized spacial score (nSPS) is 17.7. The number of benzene rings is 1. The van der Waals surface area contributed by atoms with Gasteiger partial charge in [0.05, 0.1) is 0 Å². The van der Waals surface area contributed by atoms with E-state index in [1.165, 1.54) is 19.3 Å². The third-order valence-electron chi connectivity index (χ3n) is 4.03. The van der Waals surface area contributed by atoms with Gasteiger partial charge in [0.1, 0.15) is 5.75 Å². The fourth-order valence-corrected chi connectivity index (χ4v) is 2.73. The second-order valence-corrected chi connectivity index (χ2v) is 5.65. The average molecular weight is 276 g/mol. The van der Waals surface area contributed by atoms with Gasteiger partial charge in [0, 0.05) is 18.2 Å². The number of aryl methyl sites for hydroxylation is 1. The van der Waals surface area contributed by atoms with Gasteiger partial charge in [0.15, 0.2) is 0 Å². The predicted octanol–water partition coefficient (Wildman–Crippen LogP) is 2.30. The van der Waals surface area contributed by atoms with Crippen LogP contribution in [0.5, 0.6) is 5.75 Å². The van der Waals surface area contributed by atoms with E-state index in [0.29, 0.717) is 18.2 Å². The molecule has 1 aliphatic heterocycles. The van der Waals surface area contributed by atoms with Crippen LogP contribution in [0, 0.1) is 6.92 Å². The molecule has 0 radical (unpaired) electrons. The molecule has 0 saturated carbocycles. The molecular formula is C16H24N2O2. The molecule has 1 heterocycles. The predicted molar refractivity (Wildman–Crippen MR) is 80.1 cm³/mol. The van der Waals surface area contributed by atoms with E-state index < -0.39 is 0 Å². The van der Waals surface area contributed by atoms with Gasteiger partial charge in [-0.15, -0.1) is 0 Å². The highest BCUT2D eigenvalue weighted by atomic mass is 16.3. The summed E-state index contributed by atoms with van der Waals surface area (Å²) in [5, 5.41) is 12.4. The number of carbonyl (C=O) groups is 1. The van der Waals surface area contributed by atoms with Crippen molar-refractivity contribution < 1.29 is 9.90 Å². The van der Waals surface area contributed by atoms with Crippen molar-refractivity contribution in [2.75, 3.05) is 19.6 Å². The fourth-order valence-electron chi connectivity index (χ4n) is 2.73. The van der Waals surface area contributed by atoms with E-state index >= 15 is 0 Å². The summed E-state index contributed by atoms with van der Waals surface area (Å²) in [6, 6.07) is 5.21. The van der Waals surface area contributed by atoms with Crippen molar-refractivity contribution in [1.82, 2.24) is 10.2 Å². The summed E-state index contributed by atoms with van der Waals surface area (Å²) in [6.45, 7) is 6.93. The molecule has 20 heavy (non-hydrogen) atoms. The molecule has 1 aromatic rings. The third kappa shape index (κ3) is 3.73. The summed E-state index contributed by atoms with van der Waals surface area (Å²) < 4.78 is 0. The number of phenolic OH excluding ortho intramolecular Hbond substituents is 1. The van der Waals surface area contributed by atoms with Crippen LogP contribution in [0.15, 0.2) is 18.2 Å². The number of rotatable bonds is 4. The quantitative estimate of drug-likeness (QED) is 0.887. The summed E-state index contributed by atoms with van der Waals surface area (Å²) in [4.78, 5) is 14.6. The van der Waals surface area contributed by atoms with E-state index in [1.54, 1.807) is 18.2 Å². The van der Waals surface area contributed by atoms with Crippen molar-refractivity contribution in [1.29, 1.82) is 0 Å². The molecule has 0 aliphatic carbocycles. The van der Waals surface area contributed by atoms with Crippen LogP contribution in [-0.4, -0.2) is 41.6 Å². The van der Waals surface area contributed by atoms with Gasteiger partial charge in [-0.05, 0) is 63.5 Å². The molecule has 1 aromatic carbocycles. The molecule has 1 aliphatic rings. The molecule has 2 rings (SSSR count). The first-order valence-corrected chi connectivity index (χ1v) is 7.40. The van der Waals surface area contributed by atoms with Crippen LogP contribution in [-0.2, 0) is 0 Å². The summed E-state index contributed by atoms with van der Waals surface area (Å²) in [5.74, 6) is 0.132. The summed E-state index contributed by atoms with van der Waals surface area (Å²) in [5.41, 5.74) is 1.43. The highest BCUT2D eigenvalue weighted by Gasteiger charge is 2.17. The van der Waals surface area contributed by atoms with Crippen molar-refractivity contribution in [3.63, 3.8) is 0 Å².